The van der Waals surface area contributed by atoms with E-state index in [0.29, 0.717) is 0 Å². The molecule has 0 unspecified atom stereocenters. The first-order valence-corrected chi connectivity index (χ1v) is 10.2. The Balaban J connectivity index is 1.71. The average Bonchev–Trinajstić information content (AvgIpc) is 3.17. The number of hydrogen-bond acceptors (Lipinski definition) is 6. The van der Waals surface area contributed by atoms with Crippen LogP contribution in [0.15, 0.2) is 53.8 Å². The van der Waals surface area contributed by atoms with E-state index in [2.05, 4.69) is 55.8 Å². The second-order valence-electron chi connectivity index (χ2n) is 6.31. The van der Waals surface area contributed by atoms with Crippen molar-refractivity contribution in [1.82, 2.24) is 19.7 Å². The largest absolute Gasteiger partial charge is 0.378 e. The molecule has 0 atom stereocenters. The van der Waals surface area contributed by atoms with Gasteiger partial charge in [-0.25, -0.2) is 0 Å². The molecule has 0 radical (unpaired) electrons. The summed E-state index contributed by atoms with van der Waals surface area (Å²) < 4.78 is 7.70. The van der Waals surface area contributed by atoms with Crippen LogP contribution in [0.1, 0.15) is 18.2 Å². The summed E-state index contributed by atoms with van der Waals surface area (Å²) in [7, 11) is 0. The number of hydrogen-bond donors (Lipinski definition) is 0. The molecule has 0 amide bonds. The number of aromatic nitrogens is 4. The predicted octanol–water partition coefficient (Wildman–Crippen LogP) is 3.35. The van der Waals surface area contributed by atoms with Crippen molar-refractivity contribution in [2.75, 3.05) is 31.2 Å². The van der Waals surface area contributed by atoms with E-state index < -0.39 is 0 Å². The van der Waals surface area contributed by atoms with Crippen LogP contribution < -0.4 is 4.90 Å². The minimum absolute atomic E-state index is 0.721. The molecular formula is C20H23N5OS. The molecule has 6 nitrogen and oxygen atoms in total. The fourth-order valence-corrected chi connectivity index (χ4v) is 4.04. The lowest BCUT2D eigenvalue weighted by Gasteiger charge is -2.28. The van der Waals surface area contributed by atoms with Gasteiger partial charge in [-0.05, 0) is 30.2 Å². The van der Waals surface area contributed by atoms with Gasteiger partial charge in [-0.2, -0.15) is 0 Å². The van der Waals surface area contributed by atoms with Gasteiger partial charge >= 0.3 is 0 Å². The number of aryl methyl sites for hydroxylation is 1. The third kappa shape index (κ3) is 3.99. The molecule has 1 aliphatic rings. The van der Waals surface area contributed by atoms with Gasteiger partial charge < -0.3 is 9.64 Å². The first kappa shape index (κ1) is 18.0. The lowest BCUT2D eigenvalue weighted by molar-refractivity contribution is 0.122. The van der Waals surface area contributed by atoms with Gasteiger partial charge in [0.1, 0.15) is 0 Å². The minimum atomic E-state index is 0.721. The normalized spacial score (nSPS) is 14.5. The standard InChI is InChI=1S/C20H23N5OS/c1-2-16-7-3-4-9-18(16)25-19(24-11-13-26-14-12-24)22-23-20(25)27-15-17-8-5-6-10-21-17/h3-10H,2,11-15H2,1H3. The molecule has 7 heteroatoms. The Morgan fingerprint density at radius 1 is 1.04 bits per heavy atom. The molecule has 0 aliphatic carbocycles. The highest BCUT2D eigenvalue weighted by atomic mass is 32.2. The molecule has 4 rings (SSSR count). The van der Waals surface area contributed by atoms with Crippen molar-refractivity contribution in [3.8, 4) is 5.69 Å². The van der Waals surface area contributed by atoms with E-state index in [9.17, 15) is 0 Å². The number of ether oxygens (including phenoxy) is 1. The monoisotopic (exact) mass is 381 g/mol. The summed E-state index contributed by atoms with van der Waals surface area (Å²) >= 11 is 1.67. The molecule has 3 aromatic rings. The second-order valence-corrected chi connectivity index (χ2v) is 7.25. The second kappa shape index (κ2) is 8.54. The van der Waals surface area contributed by atoms with Crippen LogP contribution in [0.5, 0.6) is 0 Å². The van der Waals surface area contributed by atoms with Crippen molar-refractivity contribution in [2.24, 2.45) is 0 Å². The summed E-state index contributed by atoms with van der Waals surface area (Å²) in [5.41, 5.74) is 3.47. The average molecular weight is 382 g/mol. The van der Waals surface area contributed by atoms with Gasteiger partial charge in [-0.15, -0.1) is 10.2 Å². The maximum absolute atomic E-state index is 5.51. The quantitative estimate of drug-likeness (QED) is 0.611. The van der Waals surface area contributed by atoms with E-state index in [1.54, 1.807) is 11.8 Å². The number of benzene rings is 1. The van der Waals surface area contributed by atoms with Crippen molar-refractivity contribution in [3.05, 3.63) is 59.9 Å². The molecular weight excluding hydrogens is 358 g/mol. The van der Waals surface area contributed by atoms with Gasteiger partial charge in [-0.3, -0.25) is 9.55 Å². The first-order valence-electron chi connectivity index (χ1n) is 9.26. The van der Waals surface area contributed by atoms with Crippen molar-refractivity contribution in [1.29, 1.82) is 0 Å². The molecule has 0 saturated carbocycles. The molecule has 140 valence electrons. The Hall–Kier alpha value is -2.38. The fourth-order valence-electron chi connectivity index (χ4n) is 3.18. The summed E-state index contributed by atoms with van der Waals surface area (Å²) in [6.07, 6.45) is 2.79. The van der Waals surface area contributed by atoms with Crippen molar-refractivity contribution in [2.45, 2.75) is 24.3 Å². The number of nitrogens with zero attached hydrogens (tertiary/aromatic N) is 5. The summed E-state index contributed by atoms with van der Waals surface area (Å²) in [6, 6.07) is 14.5. The highest BCUT2D eigenvalue weighted by molar-refractivity contribution is 7.98. The van der Waals surface area contributed by atoms with Gasteiger partial charge in [0, 0.05) is 25.0 Å². The number of anilines is 1. The highest BCUT2D eigenvalue weighted by Gasteiger charge is 2.22. The van der Waals surface area contributed by atoms with Crippen molar-refractivity contribution < 1.29 is 4.74 Å². The van der Waals surface area contributed by atoms with Crippen LogP contribution in [0.4, 0.5) is 5.95 Å². The van der Waals surface area contributed by atoms with Gasteiger partial charge in [0.05, 0.1) is 24.6 Å². The Kier molecular flexibility index (Phi) is 5.69. The molecule has 1 aliphatic heterocycles. The van der Waals surface area contributed by atoms with Crippen LogP contribution in [-0.4, -0.2) is 46.1 Å². The Morgan fingerprint density at radius 3 is 2.63 bits per heavy atom. The van der Waals surface area contributed by atoms with E-state index in [-0.39, 0.29) is 0 Å². The van der Waals surface area contributed by atoms with Crippen LogP contribution in [0.25, 0.3) is 5.69 Å². The van der Waals surface area contributed by atoms with Crippen LogP contribution in [0, 0.1) is 0 Å². The zero-order valence-corrected chi connectivity index (χ0v) is 16.2. The first-order chi connectivity index (χ1) is 13.4. The summed E-state index contributed by atoms with van der Waals surface area (Å²) in [5.74, 6) is 1.65. The van der Waals surface area contributed by atoms with E-state index in [0.717, 1.165) is 61.0 Å². The van der Waals surface area contributed by atoms with Gasteiger partial charge in [-0.1, -0.05) is 43.0 Å². The van der Waals surface area contributed by atoms with E-state index >= 15 is 0 Å². The molecule has 1 saturated heterocycles. The Bertz CT molecular complexity index is 877. The molecule has 27 heavy (non-hydrogen) atoms. The lowest BCUT2D eigenvalue weighted by atomic mass is 10.1. The van der Waals surface area contributed by atoms with Crippen LogP contribution in [0.3, 0.4) is 0 Å². The maximum atomic E-state index is 5.51. The molecule has 1 fully saturated rings. The SMILES string of the molecule is CCc1ccccc1-n1c(SCc2ccccn2)nnc1N1CCOCC1. The van der Waals surface area contributed by atoms with E-state index in [4.69, 9.17) is 4.74 Å². The van der Waals surface area contributed by atoms with Gasteiger partial charge in [0.15, 0.2) is 5.16 Å². The van der Waals surface area contributed by atoms with E-state index in [1.165, 1.54) is 5.56 Å². The summed E-state index contributed by atoms with van der Waals surface area (Å²) in [6.45, 7) is 5.28. The molecule has 0 spiro atoms. The maximum Gasteiger partial charge on any atom is 0.232 e. The molecule has 3 heterocycles. The number of morpholine rings is 1. The van der Waals surface area contributed by atoms with Crippen LogP contribution in [-0.2, 0) is 16.9 Å². The van der Waals surface area contributed by atoms with Gasteiger partial charge in [0.25, 0.3) is 0 Å². The van der Waals surface area contributed by atoms with Crippen molar-refractivity contribution in [3.63, 3.8) is 0 Å². The minimum Gasteiger partial charge on any atom is -0.378 e. The highest BCUT2D eigenvalue weighted by Crippen LogP contribution is 2.30. The van der Waals surface area contributed by atoms with Gasteiger partial charge in [0.2, 0.25) is 5.95 Å². The molecule has 0 N–H and O–H groups in total. The van der Waals surface area contributed by atoms with E-state index in [1.807, 2.05) is 24.4 Å². The smallest absolute Gasteiger partial charge is 0.232 e. The molecule has 0 bridgehead atoms. The summed E-state index contributed by atoms with van der Waals surface area (Å²) in [4.78, 5) is 6.68. The third-order valence-electron chi connectivity index (χ3n) is 4.60. The topological polar surface area (TPSA) is 56.1 Å². The number of rotatable bonds is 6. The summed E-state index contributed by atoms with van der Waals surface area (Å²) in [5, 5.41) is 9.96. The predicted molar refractivity (Wildman–Crippen MR) is 108 cm³/mol. The van der Waals surface area contributed by atoms with Crippen molar-refractivity contribution >= 4 is 17.7 Å². The van der Waals surface area contributed by atoms with Crippen LogP contribution >= 0.6 is 11.8 Å². The zero-order valence-electron chi connectivity index (χ0n) is 15.4. The molecule has 2 aromatic heterocycles. The Morgan fingerprint density at radius 2 is 1.85 bits per heavy atom. The zero-order chi connectivity index (χ0) is 18.5. The number of pyridine rings is 1. The fraction of sp³-hybridized carbons (Fsp3) is 0.350. The van der Waals surface area contributed by atoms with Crippen LogP contribution in [0.2, 0.25) is 0 Å². The number of thioether (sulfide) groups is 1. The molecule has 1 aromatic carbocycles. The lowest BCUT2D eigenvalue weighted by Crippen LogP contribution is -2.38. The third-order valence-corrected chi connectivity index (χ3v) is 5.56. The number of para-hydroxylation sites is 1. The Labute approximate surface area is 163 Å².